The quantitative estimate of drug-likeness (QED) is 0.817. The van der Waals surface area contributed by atoms with Crippen molar-refractivity contribution in [1.82, 2.24) is 9.97 Å². The third kappa shape index (κ3) is 3.16. The molecule has 4 heteroatoms. The Morgan fingerprint density at radius 3 is 2.40 bits per heavy atom. The second-order valence-corrected chi connectivity index (χ2v) is 4.15. The molecule has 0 fully saturated rings. The maximum Gasteiger partial charge on any atom is 0.166 e. The van der Waals surface area contributed by atoms with Crippen LogP contribution in [0.5, 0.6) is 5.75 Å². The summed E-state index contributed by atoms with van der Waals surface area (Å²) in [6.45, 7) is 0.404. The Morgan fingerprint density at radius 2 is 1.73 bits per heavy atom. The number of aromatic nitrogens is 2. The van der Waals surface area contributed by atoms with Gasteiger partial charge in [0.15, 0.2) is 5.82 Å². The Balaban J connectivity index is 1.96. The van der Waals surface area contributed by atoms with E-state index in [2.05, 4.69) is 32.6 Å². The lowest BCUT2D eigenvalue weighted by atomic mass is 10.3. The van der Waals surface area contributed by atoms with Gasteiger partial charge in [-0.05, 0) is 52.9 Å². The van der Waals surface area contributed by atoms with Gasteiger partial charge in [-0.3, -0.25) is 0 Å². The maximum atomic E-state index is 5.52. The van der Waals surface area contributed by atoms with E-state index in [1.807, 2.05) is 24.3 Å². The monoisotopic (exact) mass is 312 g/mol. The first-order valence-corrected chi connectivity index (χ1v) is 5.57. The molecule has 0 atom stereocenters. The summed E-state index contributed by atoms with van der Waals surface area (Å²) in [5.74, 6) is 1.53. The molecular formula is C11H9IN2O. The van der Waals surface area contributed by atoms with Gasteiger partial charge in [0.25, 0.3) is 0 Å². The SMILES string of the molecule is Ic1ccc(OCc2ncccn2)cc1. The Kier molecular flexibility index (Phi) is 3.49. The molecule has 76 valence electrons. The number of rotatable bonds is 3. The van der Waals surface area contributed by atoms with Gasteiger partial charge in [0.05, 0.1) is 0 Å². The van der Waals surface area contributed by atoms with Crippen molar-refractivity contribution in [3.63, 3.8) is 0 Å². The minimum atomic E-state index is 0.404. The van der Waals surface area contributed by atoms with E-state index >= 15 is 0 Å². The van der Waals surface area contributed by atoms with Gasteiger partial charge in [0.1, 0.15) is 12.4 Å². The van der Waals surface area contributed by atoms with Crippen LogP contribution in [0, 0.1) is 3.57 Å². The first-order chi connectivity index (χ1) is 7.34. The minimum absolute atomic E-state index is 0.404. The van der Waals surface area contributed by atoms with Crippen LogP contribution in [-0.4, -0.2) is 9.97 Å². The molecule has 0 spiro atoms. The van der Waals surface area contributed by atoms with Gasteiger partial charge < -0.3 is 4.74 Å². The highest BCUT2D eigenvalue weighted by atomic mass is 127. The molecule has 0 saturated heterocycles. The lowest BCUT2D eigenvalue weighted by Gasteiger charge is -2.04. The zero-order valence-corrected chi connectivity index (χ0v) is 10.1. The van der Waals surface area contributed by atoms with E-state index in [0.29, 0.717) is 12.4 Å². The van der Waals surface area contributed by atoms with Crippen LogP contribution >= 0.6 is 22.6 Å². The molecule has 2 aromatic rings. The Bertz CT molecular complexity index is 416. The number of hydrogen-bond acceptors (Lipinski definition) is 3. The van der Waals surface area contributed by atoms with Crippen LogP contribution in [-0.2, 0) is 6.61 Å². The first kappa shape index (κ1) is 10.4. The molecule has 15 heavy (non-hydrogen) atoms. The zero-order chi connectivity index (χ0) is 10.5. The average molecular weight is 312 g/mol. The van der Waals surface area contributed by atoms with E-state index in [0.717, 1.165) is 5.75 Å². The molecule has 1 aromatic carbocycles. The predicted molar refractivity (Wildman–Crippen MR) is 65.5 cm³/mol. The molecule has 3 nitrogen and oxygen atoms in total. The standard InChI is InChI=1S/C11H9IN2O/c12-9-2-4-10(5-3-9)15-8-11-13-6-1-7-14-11/h1-7H,8H2. The normalized spacial score (nSPS) is 9.93. The second kappa shape index (κ2) is 5.06. The fourth-order valence-corrected chi connectivity index (χ4v) is 1.44. The van der Waals surface area contributed by atoms with E-state index in [4.69, 9.17) is 4.74 Å². The molecular weight excluding hydrogens is 303 g/mol. The van der Waals surface area contributed by atoms with Gasteiger partial charge in [0.2, 0.25) is 0 Å². The topological polar surface area (TPSA) is 35.0 Å². The van der Waals surface area contributed by atoms with E-state index in [1.54, 1.807) is 18.5 Å². The van der Waals surface area contributed by atoms with Gasteiger partial charge in [-0.25, -0.2) is 9.97 Å². The largest absolute Gasteiger partial charge is 0.486 e. The van der Waals surface area contributed by atoms with Crippen LogP contribution in [0.3, 0.4) is 0 Å². The highest BCUT2D eigenvalue weighted by Crippen LogP contribution is 2.14. The molecule has 0 aliphatic carbocycles. The molecule has 0 unspecified atom stereocenters. The van der Waals surface area contributed by atoms with E-state index in [1.165, 1.54) is 3.57 Å². The van der Waals surface area contributed by atoms with Crippen molar-refractivity contribution in [3.8, 4) is 5.75 Å². The molecule has 0 aliphatic heterocycles. The van der Waals surface area contributed by atoms with Crippen LogP contribution in [0.15, 0.2) is 42.7 Å². The Morgan fingerprint density at radius 1 is 1.07 bits per heavy atom. The van der Waals surface area contributed by atoms with Gasteiger partial charge >= 0.3 is 0 Å². The maximum absolute atomic E-state index is 5.52. The lowest BCUT2D eigenvalue weighted by Crippen LogP contribution is -2.00. The van der Waals surface area contributed by atoms with Crippen molar-refractivity contribution in [2.45, 2.75) is 6.61 Å². The summed E-state index contributed by atoms with van der Waals surface area (Å²) >= 11 is 2.26. The van der Waals surface area contributed by atoms with E-state index in [9.17, 15) is 0 Å². The minimum Gasteiger partial charge on any atom is -0.486 e. The molecule has 0 aliphatic rings. The Hall–Kier alpha value is -1.17. The highest BCUT2D eigenvalue weighted by molar-refractivity contribution is 14.1. The third-order valence-electron chi connectivity index (χ3n) is 1.80. The van der Waals surface area contributed by atoms with Crippen LogP contribution in [0.4, 0.5) is 0 Å². The molecule has 0 radical (unpaired) electrons. The number of nitrogens with zero attached hydrogens (tertiary/aromatic N) is 2. The Labute approximate surface area is 102 Å². The molecule has 0 bridgehead atoms. The summed E-state index contributed by atoms with van der Waals surface area (Å²) in [5, 5.41) is 0. The van der Waals surface area contributed by atoms with Crippen LogP contribution < -0.4 is 4.74 Å². The predicted octanol–water partition coefficient (Wildman–Crippen LogP) is 2.66. The van der Waals surface area contributed by atoms with Gasteiger partial charge in [-0.15, -0.1) is 0 Å². The molecule has 1 aromatic heterocycles. The van der Waals surface area contributed by atoms with Crippen LogP contribution in [0.2, 0.25) is 0 Å². The van der Waals surface area contributed by atoms with Gasteiger partial charge in [-0.1, -0.05) is 0 Å². The van der Waals surface area contributed by atoms with E-state index < -0.39 is 0 Å². The molecule has 2 rings (SSSR count). The first-order valence-electron chi connectivity index (χ1n) is 4.49. The summed E-state index contributed by atoms with van der Waals surface area (Å²) < 4.78 is 6.71. The molecule has 0 N–H and O–H groups in total. The van der Waals surface area contributed by atoms with Crippen molar-refractivity contribution in [2.75, 3.05) is 0 Å². The van der Waals surface area contributed by atoms with Crippen molar-refractivity contribution in [1.29, 1.82) is 0 Å². The number of benzene rings is 1. The summed E-state index contributed by atoms with van der Waals surface area (Å²) in [7, 11) is 0. The molecule has 1 heterocycles. The molecule has 0 amide bonds. The van der Waals surface area contributed by atoms with Crippen molar-refractivity contribution in [2.24, 2.45) is 0 Å². The van der Waals surface area contributed by atoms with Crippen molar-refractivity contribution < 1.29 is 4.74 Å². The summed E-state index contributed by atoms with van der Waals surface area (Å²) in [4.78, 5) is 8.15. The highest BCUT2D eigenvalue weighted by Gasteiger charge is 1.96. The number of ether oxygens (including phenoxy) is 1. The summed E-state index contributed by atoms with van der Waals surface area (Å²) in [6, 6.07) is 9.66. The van der Waals surface area contributed by atoms with Crippen molar-refractivity contribution >= 4 is 22.6 Å². The van der Waals surface area contributed by atoms with Gasteiger partial charge in [0, 0.05) is 16.0 Å². The average Bonchev–Trinajstić information content (AvgIpc) is 2.30. The smallest absolute Gasteiger partial charge is 0.166 e. The molecule has 0 saturated carbocycles. The summed E-state index contributed by atoms with van der Waals surface area (Å²) in [6.07, 6.45) is 3.42. The summed E-state index contributed by atoms with van der Waals surface area (Å²) in [5.41, 5.74) is 0. The second-order valence-electron chi connectivity index (χ2n) is 2.91. The third-order valence-corrected chi connectivity index (χ3v) is 2.52. The number of hydrogen-bond donors (Lipinski definition) is 0. The van der Waals surface area contributed by atoms with Crippen LogP contribution in [0.1, 0.15) is 5.82 Å². The lowest BCUT2D eigenvalue weighted by molar-refractivity contribution is 0.295. The van der Waals surface area contributed by atoms with Crippen LogP contribution in [0.25, 0.3) is 0 Å². The van der Waals surface area contributed by atoms with E-state index in [-0.39, 0.29) is 0 Å². The van der Waals surface area contributed by atoms with Crippen molar-refractivity contribution in [3.05, 3.63) is 52.1 Å². The van der Waals surface area contributed by atoms with Gasteiger partial charge in [-0.2, -0.15) is 0 Å². The number of halogens is 1. The zero-order valence-electron chi connectivity index (χ0n) is 7.93. The fraction of sp³-hybridized carbons (Fsp3) is 0.0909. The fourth-order valence-electron chi connectivity index (χ4n) is 1.08.